The van der Waals surface area contributed by atoms with Crippen molar-refractivity contribution < 1.29 is 9.59 Å². The van der Waals surface area contributed by atoms with Gasteiger partial charge in [-0.2, -0.15) is 0 Å². The number of halogens is 2. The Morgan fingerprint density at radius 2 is 1.70 bits per heavy atom. The summed E-state index contributed by atoms with van der Waals surface area (Å²) < 4.78 is 0. The van der Waals surface area contributed by atoms with Gasteiger partial charge in [-0.3, -0.25) is 14.5 Å². The number of nitrogens with zero attached hydrogens (tertiary/aromatic N) is 2. The molecule has 2 atom stereocenters. The lowest BCUT2D eigenvalue weighted by Gasteiger charge is -2.37. The van der Waals surface area contributed by atoms with E-state index in [2.05, 4.69) is 18.7 Å². The highest BCUT2D eigenvalue weighted by Crippen LogP contribution is 2.38. The molecule has 2 aliphatic heterocycles. The summed E-state index contributed by atoms with van der Waals surface area (Å²) in [7, 11) is 0. The van der Waals surface area contributed by atoms with E-state index in [4.69, 9.17) is 23.2 Å². The highest BCUT2D eigenvalue weighted by molar-refractivity contribution is 6.41. The summed E-state index contributed by atoms with van der Waals surface area (Å²) in [5.74, 6) is 0.642. The van der Waals surface area contributed by atoms with Crippen LogP contribution in [0.25, 0.3) is 5.57 Å². The monoisotopic (exact) mass is 408 g/mol. The third kappa shape index (κ3) is 4.02. The Balaban J connectivity index is 2.12. The van der Waals surface area contributed by atoms with Gasteiger partial charge in [0.25, 0.3) is 11.8 Å². The smallest absolute Gasteiger partial charge is 0.277 e. The van der Waals surface area contributed by atoms with Gasteiger partial charge in [0.2, 0.25) is 0 Å². The van der Waals surface area contributed by atoms with Crippen LogP contribution in [0.4, 0.5) is 0 Å². The van der Waals surface area contributed by atoms with E-state index < -0.39 is 0 Å². The number of rotatable bonds is 4. The van der Waals surface area contributed by atoms with Crippen molar-refractivity contribution in [2.45, 2.75) is 34.1 Å². The van der Waals surface area contributed by atoms with Gasteiger partial charge >= 0.3 is 0 Å². The molecule has 2 heterocycles. The van der Waals surface area contributed by atoms with Gasteiger partial charge < -0.3 is 4.90 Å². The molecule has 1 saturated heterocycles. The van der Waals surface area contributed by atoms with Gasteiger partial charge in [0.1, 0.15) is 5.70 Å². The fraction of sp³-hybridized carbons (Fsp3) is 0.524. The minimum Gasteiger partial charge on any atom is -0.366 e. The Morgan fingerprint density at radius 1 is 1.07 bits per heavy atom. The molecule has 0 saturated carbocycles. The molecule has 0 spiro atoms. The van der Waals surface area contributed by atoms with Crippen molar-refractivity contribution in [2.24, 2.45) is 17.8 Å². The molecule has 2 unspecified atom stereocenters. The summed E-state index contributed by atoms with van der Waals surface area (Å²) in [6.45, 7) is 10.3. The first-order chi connectivity index (χ1) is 12.7. The van der Waals surface area contributed by atoms with Crippen molar-refractivity contribution in [3.8, 4) is 0 Å². The SMILES string of the molecule is CC(C)CN1C(=O)C(c2ccc(Cl)cc2Cl)=C(N2CC(C)CC(C)C2)C1=O. The summed E-state index contributed by atoms with van der Waals surface area (Å²) in [6.07, 6.45) is 1.12. The second kappa shape index (κ2) is 7.84. The normalized spacial score (nSPS) is 23.8. The van der Waals surface area contributed by atoms with Crippen molar-refractivity contribution in [1.82, 2.24) is 9.80 Å². The fourth-order valence-electron chi connectivity index (χ4n) is 4.17. The van der Waals surface area contributed by atoms with Crippen LogP contribution in [0.15, 0.2) is 23.9 Å². The highest BCUT2D eigenvalue weighted by Gasteiger charge is 2.43. The van der Waals surface area contributed by atoms with Crippen LogP contribution in [0.3, 0.4) is 0 Å². The van der Waals surface area contributed by atoms with Crippen LogP contribution in [-0.2, 0) is 9.59 Å². The number of carbonyl (C=O) groups is 2. The third-order valence-electron chi connectivity index (χ3n) is 5.08. The molecule has 146 valence electrons. The van der Waals surface area contributed by atoms with Crippen molar-refractivity contribution in [3.05, 3.63) is 39.5 Å². The largest absolute Gasteiger partial charge is 0.366 e. The fourth-order valence-corrected chi connectivity index (χ4v) is 4.67. The molecule has 4 nitrogen and oxygen atoms in total. The third-order valence-corrected chi connectivity index (χ3v) is 5.62. The van der Waals surface area contributed by atoms with Crippen molar-refractivity contribution >= 4 is 40.6 Å². The Labute approximate surface area is 171 Å². The number of carbonyl (C=O) groups excluding carboxylic acids is 2. The molecule has 0 N–H and O–H groups in total. The molecule has 6 heteroatoms. The van der Waals surface area contributed by atoms with E-state index in [-0.39, 0.29) is 17.7 Å². The van der Waals surface area contributed by atoms with Gasteiger partial charge in [0, 0.05) is 30.2 Å². The lowest BCUT2D eigenvalue weighted by atomic mass is 9.91. The van der Waals surface area contributed by atoms with E-state index in [1.807, 2.05) is 13.8 Å². The first kappa shape index (κ1) is 20.2. The Kier molecular flexibility index (Phi) is 5.87. The molecule has 0 radical (unpaired) electrons. The number of likely N-dealkylation sites (tertiary alicyclic amines) is 1. The average Bonchev–Trinajstić information content (AvgIpc) is 2.78. The number of hydrogen-bond donors (Lipinski definition) is 0. The lowest BCUT2D eigenvalue weighted by Crippen LogP contribution is -2.42. The van der Waals surface area contributed by atoms with E-state index in [0.29, 0.717) is 45.3 Å². The number of hydrogen-bond acceptors (Lipinski definition) is 3. The number of imide groups is 1. The van der Waals surface area contributed by atoms with Crippen LogP contribution in [0.5, 0.6) is 0 Å². The summed E-state index contributed by atoms with van der Waals surface area (Å²) in [5.41, 5.74) is 1.47. The predicted molar refractivity (Wildman–Crippen MR) is 109 cm³/mol. The maximum atomic E-state index is 13.3. The molecule has 2 aliphatic rings. The molecule has 0 aromatic heterocycles. The molecular weight excluding hydrogens is 383 g/mol. The Hall–Kier alpha value is -1.52. The second-order valence-corrected chi connectivity index (χ2v) is 9.16. The molecule has 1 aromatic carbocycles. The van der Waals surface area contributed by atoms with E-state index in [1.54, 1.807) is 18.2 Å². The zero-order valence-electron chi connectivity index (χ0n) is 16.3. The van der Waals surface area contributed by atoms with Gasteiger partial charge in [-0.05, 0) is 36.3 Å². The Morgan fingerprint density at radius 3 is 2.26 bits per heavy atom. The summed E-state index contributed by atoms with van der Waals surface area (Å²) >= 11 is 12.5. The van der Waals surface area contributed by atoms with Gasteiger partial charge in [0.15, 0.2) is 0 Å². The zero-order valence-corrected chi connectivity index (χ0v) is 17.8. The maximum Gasteiger partial charge on any atom is 0.277 e. The van der Waals surface area contributed by atoms with Crippen molar-refractivity contribution in [3.63, 3.8) is 0 Å². The number of amides is 2. The van der Waals surface area contributed by atoms with Gasteiger partial charge in [-0.15, -0.1) is 0 Å². The van der Waals surface area contributed by atoms with Gasteiger partial charge in [-0.1, -0.05) is 57.0 Å². The molecular formula is C21H26Cl2N2O2. The number of benzene rings is 1. The van der Waals surface area contributed by atoms with E-state index in [0.717, 1.165) is 19.5 Å². The quantitative estimate of drug-likeness (QED) is 0.677. The summed E-state index contributed by atoms with van der Waals surface area (Å²) in [6, 6.07) is 5.06. The molecule has 0 bridgehead atoms. The van der Waals surface area contributed by atoms with Gasteiger partial charge in [0.05, 0.1) is 10.6 Å². The molecule has 3 rings (SSSR count). The zero-order chi connectivity index (χ0) is 19.9. The standard InChI is InChI=1S/C21H26Cl2N2O2/c1-12(2)9-25-20(26)18(16-6-5-15(22)8-17(16)23)19(21(25)27)24-10-13(3)7-14(4)11-24/h5-6,8,12-14H,7,9-11H2,1-4H3. The molecule has 2 amide bonds. The summed E-state index contributed by atoms with van der Waals surface area (Å²) in [4.78, 5) is 29.9. The molecule has 1 aromatic rings. The van der Waals surface area contributed by atoms with Crippen molar-refractivity contribution in [1.29, 1.82) is 0 Å². The second-order valence-electron chi connectivity index (χ2n) is 8.31. The van der Waals surface area contributed by atoms with E-state index >= 15 is 0 Å². The highest BCUT2D eigenvalue weighted by atomic mass is 35.5. The van der Waals surface area contributed by atoms with Crippen LogP contribution in [-0.4, -0.2) is 41.2 Å². The first-order valence-electron chi connectivity index (χ1n) is 9.49. The van der Waals surface area contributed by atoms with Crippen molar-refractivity contribution in [2.75, 3.05) is 19.6 Å². The van der Waals surface area contributed by atoms with Crippen LogP contribution >= 0.6 is 23.2 Å². The molecule has 0 aliphatic carbocycles. The Bertz CT molecular complexity index is 793. The van der Waals surface area contributed by atoms with Gasteiger partial charge in [-0.25, -0.2) is 0 Å². The minimum absolute atomic E-state index is 0.193. The van der Waals surface area contributed by atoms with Crippen LogP contribution in [0.2, 0.25) is 10.0 Å². The van der Waals surface area contributed by atoms with Crippen LogP contribution < -0.4 is 0 Å². The predicted octanol–water partition coefficient (Wildman–Crippen LogP) is 4.71. The molecule has 27 heavy (non-hydrogen) atoms. The van der Waals surface area contributed by atoms with E-state index in [9.17, 15) is 9.59 Å². The first-order valence-corrected chi connectivity index (χ1v) is 10.3. The lowest BCUT2D eigenvalue weighted by molar-refractivity contribution is -0.138. The summed E-state index contributed by atoms with van der Waals surface area (Å²) in [5, 5.41) is 0.891. The van der Waals surface area contributed by atoms with E-state index in [1.165, 1.54) is 4.90 Å². The van der Waals surface area contributed by atoms with Crippen LogP contribution in [0.1, 0.15) is 39.7 Å². The topological polar surface area (TPSA) is 40.6 Å². The minimum atomic E-state index is -0.265. The average molecular weight is 409 g/mol. The maximum absolute atomic E-state index is 13.3. The molecule has 1 fully saturated rings. The van der Waals surface area contributed by atoms with Crippen LogP contribution in [0, 0.1) is 17.8 Å². The number of piperidine rings is 1.